The molecule has 12 atom stereocenters. The van der Waals surface area contributed by atoms with E-state index in [1.54, 1.807) is 19.9 Å². The summed E-state index contributed by atoms with van der Waals surface area (Å²) in [7, 11) is 0. The van der Waals surface area contributed by atoms with Gasteiger partial charge in [-0.1, -0.05) is 45.9 Å². The SMILES string of the molecule is C/C=C/C(O)CC1CC(C)CC(CC(=O)NCC(O)C(C)C(=O)NCCCC2OC3(CCCC(CCC(C)/C=C(\C)C(C)O)O3)CCC2C)O1. The minimum absolute atomic E-state index is 0.00719. The first-order valence-corrected chi connectivity index (χ1v) is 19.6. The average molecular weight is 707 g/mol. The van der Waals surface area contributed by atoms with Gasteiger partial charge in [-0.05, 0) is 102 Å². The number of amides is 2. The van der Waals surface area contributed by atoms with Gasteiger partial charge >= 0.3 is 0 Å². The third-order valence-corrected chi connectivity index (χ3v) is 11.1. The van der Waals surface area contributed by atoms with Crippen LogP contribution in [-0.4, -0.2) is 88.7 Å². The molecule has 50 heavy (non-hydrogen) atoms. The predicted molar refractivity (Wildman–Crippen MR) is 196 cm³/mol. The van der Waals surface area contributed by atoms with Gasteiger partial charge in [0, 0.05) is 32.4 Å². The van der Waals surface area contributed by atoms with Crippen molar-refractivity contribution < 1.29 is 39.1 Å². The minimum atomic E-state index is -1.01. The molecule has 0 bridgehead atoms. The van der Waals surface area contributed by atoms with Gasteiger partial charge < -0.3 is 40.2 Å². The second-order valence-electron chi connectivity index (χ2n) is 15.9. The Kier molecular flexibility index (Phi) is 17.9. The number of carbonyl (C=O) groups excluding carboxylic acids is 2. The third-order valence-electron chi connectivity index (χ3n) is 11.1. The van der Waals surface area contributed by atoms with Crippen molar-refractivity contribution in [2.24, 2.45) is 23.7 Å². The van der Waals surface area contributed by atoms with Gasteiger partial charge in [0.05, 0.1) is 55.1 Å². The van der Waals surface area contributed by atoms with Gasteiger partial charge in [0.1, 0.15) is 0 Å². The van der Waals surface area contributed by atoms with Crippen LogP contribution in [0.25, 0.3) is 0 Å². The maximum atomic E-state index is 12.9. The molecule has 0 aliphatic carbocycles. The highest BCUT2D eigenvalue weighted by Crippen LogP contribution is 2.43. The molecule has 10 nitrogen and oxygen atoms in total. The normalized spacial score (nSPS) is 32.3. The Bertz CT molecular complexity index is 1100. The van der Waals surface area contributed by atoms with Crippen molar-refractivity contribution in [2.45, 2.75) is 180 Å². The van der Waals surface area contributed by atoms with E-state index >= 15 is 0 Å². The number of carbonyl (C=O) groups is 2. The number of aliphatic hydroxyl groups excluding tert-OH is 3. The van der Waals surface area contributed by atoms with Crippen LogP contribution in [-0.2, 0) is 23.8 Å². The van der Waals surface area contributed by atoms with E-state index in [2.05, 4.69) is 37.5 Å². The second-order valence-corrected chi connectivity index (χ2v) is 15.9. The first-order chi connectivity index (χ1) is 23.7. The van der Waals surface area contributed by atoms with Crippen molar-refractivity contribution in [1.29, 1.82) is 0 Å². The maximum absolute atomic E-state index is 12.9. The van der Waals surface area contributed by atoms with Crippen LogP contribution >= 0.6 is 0 Å². The number of ether oxygens (including phenoxy) is 3. The van der Waals surface area contributed by atoms with E-state index in [1.807, 2.05) is 19.9 Å². The maximum Gasteiger partial charge on any atom is 0.225 e. The molecule has 0 saturated carbocycles. The molecule has 3 rings (SSSR count). The van der Waals surface area contributed by atoms with Crippen LogP contribution in [0.2, 0.25) is 0 Å². The molecule has 0 radical (unpaired) electrons. The topological polar surface area (TPSA) is 147 Å². The summed E-state index contributed by atoms with van der Waals surface area (Å²) in [4.78, 5) is 25.5. The summed E-state index contributed by atoms with van der Waals surface area (Å²) in [6.45, 7) is 14.4. The van der Waals surface area contributed by atoms with E-state index in [4.69, 9.17) is 14.2 Å². The lowest BCUT2D eigenvalue weighted by Gasteiger charge is -2.48. The Morgan fingerprint density at radius 1 is 0.960 bits per heavy atom. The van der Waals surface area contributed by atoms with Crippen molar-refractivity contribution in [3.63, 3.8) is 0 Å². The van der Waals surface area contributed by atoms with Crippen LogP contribution in [0.5, 0.6) is 0 Å². The van der Waals surface area contributed by atoms with Crippen LogP contribution in [0, 0.1) is 23.7 Å². The smallest absolute Gasteiger partial charge is 0.225 e. The van der Waals surface area contributed by atoms with Gasteiger partial charge in [-0.3, -0.25) is 9.59 Å². The number of aliphatic hydroxyl groups is 3. The lowest BCUT2D eigenvalue weighted by molar-refractivity contribution is -0.324. The number of rotatable bonds is 18. The first kappa shape index (κ1) is 42.6. The molecule has 5 N–H and O–H groups in total. The third kappa shape index (κ3) is 14.3. The summed E-state index contributed by atoms with van der Waals surface area (Å²) in [5.74, 6) is -0.453. The minimum Gasteiger partial charge on any atom is -0.390 e. The molecule has 12 unspecified atom stereocenters. The first-order valence-electron chi connectivity index (χ1n) is 19.6. The Morgan fingerprint density at radius 3 is 2.42 bits per heavy atom. The van der Waals surface area contributed by atoms with Crippen molar-refractivity contribution in [2.75, 3.05) is 13.1 Å². The fourth-order valence-electron chi connectivity index (χ4n) is 7.80. The molecule has 1 spiro atoms. The largest absolute Gasteiger partial charge is 0.390 e. The zero-order valence-electron chi connectivity index (χ0n) is 32.1. The molecule has 0 aromatic rings. The lowest BCUT2D eigenvalue weighted by atomic mass is 9.85. The monoisotopic (exact) mass is 707 g/mol. The van der Waals surface area contributed by atoms with Crippen LogP contribution in [0.1, 0.15) is 132 Å². The quantitative estimate of drug-likeness (QED) is 0.0899. The van der Waals surface area contributed by atoms with Gasteiger partial charge in [-0.2, -0.15) is 0 Å². The van der Waals surface area contributed by atoms with Crippen molar-refractivity contribution in [3.8, 4) is 0 Å². The van der Waals surface area contributed by atoms with E-state index in [9.17, 15) is 24.9 Å². The zero-order chi connectivity index (χ0) is 36.8. The number of nitrogens with one attached hydrogen (secondary N) is 2. The predicted octanol–water partition coefficient (Wildman–Crippen LogP) is 5.72. The van der Waals surface area contributed by atoms with Crippen molar-refractivity contribution >= 4 is 11.8 Å². The van der Waals surface area contributed by atoms with E-state index in [0.717, 1.165) is 76.2 Å². The molecule has 3 saturated heterocycles. The molecule has 10 heteroatoms. The highest BCUT2D eigenvalue weighted by molar-refractivity contribution is 5.79. The molecule has 0 aromatic carbocycles. The van der Waals surface area contributed by atoms with Crippen LogP contribution in [0.15, 0.2) is 23.8 Å². The van der Waals surface area contributed by atoms with Gasteiger partial charge in [-0.15, -0.1) is 0 Å². The number of allylic oxidation sites excluding steroid dienone is 2. The fraction of sp³-hybridized carbons (Fsp3) is 0.850. The van der Waals surface area contributed by atoms with E-state index in [0.29, 0.717) is 30.7 Å². The molecular formula is C40H70N2O8. The Balaban J connectivity index is 1.35. The zero-order valence-corrected chi connectivity index (χ0v) is 32.1. The fourth-order valence-corrected chi connectivity index (χ4v) is 7.80. The molecule has 3 heterocycles. The van der Waals surface area contributed by atoms with Crippen LogP contribution < -0.4 is 10.6 Å². The van der Waals surface area contributed by atoms with E-state index in [-0.39, 0.29) is 49.2 Å². The summed E-state index contributed by atoms with van der Waals surface area (Å²) in [6, 6.07) is 0. The molecule has 3 fully saturated rings. The van der Waals surface area contributed by atoms with Crippen molar-refractivity contribution in [1.82, 2.24) is 10.6 Å². The summed E-state index contributed by atoms with van der Waals surface area (Å²) in [5.41, 5.74) is 1.01. The summed E-state index contributed by atoms with van der Waals surface area (Å²) >= 11 is 0. The highest BCUT2D eigenvalue weighted by atomic mass is 16.7. The average Bonchev–Trinajstić information content (AvgIpc) is 3.05. The summed E-state index contributed by atoms with van der Waals surface area (Å²) in [5, 5.41) is 36.3. The highest BCUT2D eigenvalue weighted by Gasteiger charge is 2.44. The molecule has 3 aliphatic rings. The summed E-state index contributed by atoms with van der Waals surface area (Å²) < 4.78 is 19.5. The molecule has 2 amide bonds. The van der Waals surface area contributed by atoms with Gasteiger partial charge in [0.25, 0.3) is 0 Å². The second kappa shape index (κ2) is 21.0. The van der Waals surface area contributed by atoms with E-state index in [1.165, 1.54) is 0 Å². The molecular weight excluding hydrogens is 636 g/mol. The van der Waals surface area contributed by atoms with Crippen molar-refractivity contribution in [3.05, 3.63) is 23.8 Å². The summed E-state index contributed by atoms with van der Waals surface area (Å²) in [6.07, 6.45) is 14.6. The van der Waals surface area contributed by atoms with E-state index < -0.39 is 30.0 Å². The van der Waals surface area contributed by atoms with Gasteiger partial charge in [-0.25, -0.2) is 0 Å². The Morgan fingerprint density at radius 2 is 1.70 bits per heavy atom. The standard InChI is InChI=1S/C40H70N2O8/c1-8-11-32(44)23-34-21-27(3)22-35(48-34)24-38(46)42-25-36(45)30(6)39(47)41-19-10-13-37-28(4)16-18-40(50-37)17-9-12-33(49-40)15-14-26(2)20-29(5)31(7)43/h8,11,20,26-28,30-37,43-45H,9-10,12-19,21-25H2,1-7H3,(H,41,47)(H,42,46)/b11-8+,29-20+. The number of hydrogen-bond donors (Lipinski definition) is 5. The molecule has 3 aliphatic heterocycles. The number of hydrogen-bond acceptors (Lipinski definition) is 8. The van der Waals surface area contributed by atoms with Crippen LogP contribution in [0.3, 0.4) is 0 Å². The Hall–Kier alpha value is -1.82. The van der Waals surface area contributed by atoms with Gasteiger partial charge in [0.2, 0.25) is 11.8 Å². The lowest BCUT2D eigenvalue weighted by Crippen LogP contribution is -2.50. The van der Waals surface area contributed by atoms with Crippen LogP contribution in [0.4, 0.5) is 0 Å². The molecule has 0 aromatic heterocycles. The molecule has 288 valence electrons. The Labute approximate surface area is 302 Å². The van der Waals surface area contributed by atoms with Gasteiger partial charge in [0.15, 0.2) is 5.79 Å².